The van der Waals surface area contributed by atoms with Gasteiger partial charge in [0.1, 0.15) is 6.66 Å². The first kappa shape index (κ1) is 11.1. The van der Waals surface area contributed by atoms with Crippen LogP contribution in [0.5, 0.6) is 0 Å². The Kier molecular flexibility index (Phi) is 3.87. The Bertz CT molecular complexity index is 289. The van der Waals surface area contributed by atoms with E-state index in [1.54, 1.807) is 6.66 Å². The number of rotatable bonds is 3. The van der Waals surface area contributed by atoms with E-state index < -0.39 is 7.72 Å². The maximum Gasteiger partial charge on any atom is 0.301 e. The predicted octanol–water partition coefficient (Wildman–Crippen LogP) is 2.58. The molecule has 0 aromatic heterocycles. The van der Waals surface area contributed by atoms with Gasteiger partial charge in [0, 0.05) is 0 Å². The molecule has 0 fully saturated rings. The lowest BCUT2D eigenvalue weighted by Gasteiger charge is -2.13. The molecule has 2 nitrogen and oxygen atoms in total. The van der Waals surface area contributed by atoms with Crippen molar-refractivity contribution in [1.82, 2.24) is 0 Å². The Hall–Kier alpha value is 0.0500. The maximum absolute atomic E-state index is 10.0. The van der Waals surface area contributed by atoms with E-state index in [0.717, 1.165) is 9.78 Å². The molecule has 0 saturated heterocycles. The zero-order valence-corrected chi connectivity index (χ0v) is 10.2. The summed E-state index contributed by atoms with van der Waals surface area (Å²) in [4.78, 5) is 10.0. The van der Waals surface area contributed by atoms with Crippen molar-refractivity contribution < 1.29 is 9.42 Å². The second-order valence-electron chi connectivity index (χ2n) is 2.75. The second kappa shape index (κ2) is 4.52. The molecular formula is C9H13BrO2P+. The van der Waals surface area contributed by atoms with Crippen molar-refractivity contribution in [2.45, 2.75) is 6.92 Å². The van der Waals surface area contributed by atoms with Gasteiger partial charge in [-0.15, -0.1) is 0 Å². The van der Waals surface area contributed by atoms with Crippen molar-refractivity contribution in [3.8, 4) is 0 Å². The average Bonchev–Trinajstić information content (AvgIpc) is 2.04. The molecule has 0 aliphatic heterocycles. The molecule has 1 unspecified atom stereocenters. The largest absolute Gasteiger partial charge is 0.301 e. The molecule has 0 saturated carbocycles. The van der Waals surface area contributed by atoms with Crippen LogP contribution < -0.4 is 5.30 Å². The SMILES string of the molecule is CCO[P+](C)(O)c1ccccc1Br. The predicted molar refractivity (Wildman–Crippen MR) is 60.5 cm³/mol. The molecule has 4 heteroatoms. The van der Waals surface area contributed by atoms with Crippen LogP contribution >= 0.6 is 23.6 Å². The summed E-state index contributed by atoms with van der Waals surface area (Å²) < 4.78 is 6.24. The minimum absolute atomic E-state index is 0.530. The van der Waals surface area contributed by atoms with Crippen LogP contribution in [0.4, 0.5) is 0 Å². The Morgan fingerprint density at radius 2 is 2.08 bits per heavy atom. The lowest BCUT2D eigenvalue weighted by atomic mass is 10.4. The highest BCUT2D eigenvalue weighted by Crippen LogP contribution is 2.51. The monoisotopic (exact) mass is 263 g/mol. The lowest BCUT2D eigenvalue weighted by Crippen LogP contribution is -2.13. The van der Waals surface area contributed by atoms with E-state index in [-0.39, 0.29) is 0 Å². The molecule has 0 amide bonds. The van der Waals surface area contributed by atoms with E-state index in [4.69, 9.17) is 4.52 Å². The van der Waals surface area contributed by atoms with Crippen molar-refractivity contribution in [2.75, 3.05) is 13.3 Å². The molecule has 0 heterocycles. The third-order valence-corrected chi connectivity index (χ3v) is 4.72. The standard InChI is InChI=1S/C9H13BrO2P/c1-3-12-13(2,11)9-7-5-4-6-8(9)10/h4-7,11H,3H2,1-2H3/q+1. The Labute approximate surface area is 87.6 Å². The van der Waals surface area contributed by atoms with E-state index >= 15 is 0 Å². The summed E-state index contributed by atoms with van der Waals surface area (Å²) in [5.74, 6) is 0. The topological polar surface area (TPSA) is 29.5 Å². The smallest absolute Gasteiger partial charge is 0.215 e. The summed E-state index contributed by atoms with van der Waals surface area (Å²) in [6.07, 6.45) is 0. The molecule has 0 aliphatic carbocycles. The van der Waals surface area contributed by atoms with Gasteiger partial charge in [-0.2, -0.15) is 0 Å². The zero-order valence-electron chi connectivity index (χ0n) is 7.70. The fraction of sp³-hybridized carbons (Fsp3) is 0.333. The molecule has 1 aromatic carbocycles. The number of hydrogen-bond acceptors (Lipinski definition) is 2. The summed E-state index contributed by atoms with van der Waals surface area (Å²) >= 11 is 3.39. The van der Waals surface area contributed by atoms with Crippen molar-refractivity contribution in [2.24, 2.45) is 0 Å². The number of halogens is 1. The molecule has 1 N–H and O–H groups in total. The highest BCUT2D eigenvalue weighted by Gasteiger charge is 2.35. The van der Waals surface area contributed by atoms with Gasteiger partial charge in [0.2, 0.25) is 0 Å². The fourth-order valence-corrected chi connectivity index (χ4v) is 3.86. The van der Waals surface area contributed by atoms with Gasteiger partial charge in [-0.1, -0.05) is 12.1 Å². The molecule has 1 rings (SSSR count). The van der Waals surface area contributed by atoms with Gasteiger partial charge in [-0.3, -0.25) is 0 Å². The minimum Gasteiger partial charge on any atom is -0.215 e. The normalized spacial score (nSPS) is 15.4. The first-order chi connectivity index (χ1) is 6.08. The van der Waals surface area contributed by atoms with Gasteiger partial charge >= 0.3 is 7.72 Å². The molecule has 72 valence electrons. The molecule has 0 spiro atoms. The maximum atomic E-state index is 10.0. The molecule has 13 heavy (non-hydrogen) atoms. The van der Waals surface area contributed by atoms with Gasteiger partial charge in [0.15, 0.2) is 5.30 Å². The zero-order chi connectivity index (χ0) is 9.90. The average molecular weight is 264 g/mol. The molecule has 0 aliphatic rings. The van der Waals surface area contributed by atoms with Gasteiger partial charge in [-0.25, -0.2) is 9.42 Å². The van der Waals surface area contributed by atoms with E-state index in [2.05, 4.69) is 15.9 Å². The Morgan fingerprint density at radius 1 is 1.46 bits per heavy atom. The van der Waals surface area contributed by atoms with Crippen LogP contribution in [0.1, 0.15) is 6.92 Å². The summed E-state index contributed by atoms with van der Waals surface area (Å²) in [7, 11) is -2.38. The lowest BCUT2D eigenvalue weighted by molar-refractivity contribution is 0.322. The van der Waals surface area contributed by atoms with Crippen molar-refractivity contribution in [3.05, 3.63) is 28.7 Å². The summed E-state index contributed by atoms with van der Waals surface area (Å²) in [5, 5.41) is 0.858. The van der Waals surface area contributed by atoms with Crippen LogP contribution in [0.15, 0.2) is 28.7 Å². The minimum atomic E-state index is -2.38. The van der Waals surface area contributed by atoms with Crippen molar-refractivity contribution in [1.29, 1.82) is 0 Å². The summed E-state index contributed by atoms with van der Waals surface area (Å²) in [6.45, 7) is 4.16. The second-order valence-corrected chi connectivity index (χ2v) is 6.10. The first-order valence-corrected chi connectivity index (χ1v) is 6.97. The Balaban J connectivity index is 2.99. The van der Waals surface area contributed by atoms with Gasteiger partial charge in [-0.05, 0) is 35.0 Å². The van der Waals surface area contributed by atoms with Crippen molar-refractivity contribution in [3.63, 3.8) is 0 Å². The first-order valence-electron chi connectivity index (χ1n) is 4.07. The van der Waals surface area contributed by atoms with Crippen LogP contribution in [0.3, 0.4) is 0 Å². The third-order valence-electron chi connectivity index (χ3n) is 1.68. The van der Waals surface area contributed by atoms with E-state index in [0.29, 0.717) is 6.61 Å². The highest BCUT2D eigenvalue weighted by molar-refractivity contribution is 9.10. The summed E-state index contributed by atoms with van der Waals surface area (Å²) in [6, 6.07) is 7.60. The van der Waals surface area contributed by atoms with Crippen LogP contribution in [0.2, 0.25) is 0 Å². The number of benzene rings is 1. The molecular weight excluding hydrogens is 251 g/mol. The van der Waals surface area contributed by atoms with Crippen LogP contribution in [0, 0.1) is 0 Å². The summed E-state index contributed by atoms with van der Waals surface area (Å²) in [5.41, 5.74) is 0. The van der Waals surface area contributed by atoms with Crippen LogP contribution in [-0.4, -0.2) is 18.2 Å². The van der Waals surface area contributed by atoms with Crippen LogP contribution in [-0.2, 0) is 4.52 Å². The fourth-order valence-electron chi connectivity index (χ4n) is 1.11. The van der Waals surface area contributed by atoms with E-state index in [1.807, 2.05) is 31.2 Å². The molecule has 0 radical (unpaired) electrons. The van der Waals surface area contributed by atoms with Gasteiger partial charge < -0.3 is 0 Å². The molecule has 1 atom stereocenters. The van der Waals surface area contributed by atoms with Gasteiger partial charge in [0.25, 0.3) is 0 Å². The van der Waals surface area contributed by atoms with E-state index in [1.165, 1.54) is 0 Å². The quantitative estimate of drug-likeness (QED) is 0.850. The van der Waals surface area contributed by atoms with Crippen molar-refractivity contribution >= 4 is 29.0 Å². The van der Waals surface area contributed by atoms with E-state index in [9.17, 15) is 4.89 Å². The Morgan fingerprint density at radius 3 is 2.62 bits per heavy atom. The molecule has 0 bridgehead atoms. The third kappa shape index (κ3) is 2.75. The molecule has 1 aromatic rings. The number of hydrogen-bond donors (Lipinski definition) is 1. The van der Waals surface area contributed by atoms with Gasteiger partial charge in [0.05, 0.1) is 11.1 Å². The highest BCUT2D eigenvalue weighted by atomic mass is 79.9. The van der Waals surface area contributed by atoms with Crippen LogP contribution in [0.25, 0.3) is 0 Å².